The van der Waals surface area contributed by atoms with Crippen molar-refractivity contribution in [2.24, 2.45) is 0 Å². The Morgan fingerprint density at radius 2 is 1.95 bits per heavy atom. The first-order valence-electron chi connectivity index (χ1n) is 5.34. The molecule has 0 bridgehead atoms. The van der Waals surface area contributed by atoms with Gasteiger partial charge in [-0.2, -0.15) is 4.98 Å². The molecule has 7 heteroatoms. The van der Waals surface area contributed by atoms with E-state index in [0.29, 0.717) is 17.2 Å². The highest BCUT2D eigenvalue weighted by atomic mass is 19.1. The number of hydrogen-bond donors (Lipinski definition) is 1. The Hall–Kier alpha value is -2.57. The molecule has 6 nitrogen and oxygen atoms in total. The highest BCUT2D eigenvalue weighted by molar-refractivity contribution is 5.49. The first-order chi connectivity index (χ1) is 9.06. The predicted molar refractivity (Wildman–Crippen MR) is 67.3 cm³/mol. The minimum atomic E-state index is -0.769. The SMILES string of the molecule is COc1ccc(-n2cc(F)c(N)nc2=O)cc1OC. The minimum Gasteiger partial charge on any atom is -0.493 e. The molecule has 0 unspecified atom stereocenters. The van der Waals surface area contributed by atoms with Gasteiger partial charge in [0.05, 0.1) is 26.1 Å². The molecule has 0 aliphatic rings. The Balaban J connectivity index is 2.59. The van der Waals surface area contributed by atoms with Crippen LogP contribution in [0.2, 0.25) is 0 Å². The fraction of sp³-hybridized carbons (Fsp3) is 0.167. The maximum absolute atomic E-state index is 13.4. The number of aromatic nitrogens is 2. The summed E-state index contributed by atoms with van der Waals surface area (Å²) >= 11 is 0. The molecule has 1 aromatic heterocycles. The molecule has 19 heavy (non-hydrogen) atoms. The third kappa shape index (κ3) is 2.35. The number of ether oxygens (including phenoxy) is 2. The van der Waals surface area contributed by atoms with Crippen LogP contribution >= 0.6 is 0 Å². The lowest BCUT2D eigenvalue weighted by Gasteiger charge is -2.11. The van der Waals surface area contributed by atoms with Gasteiger partial charge in [-0.25, -0.2) is 9.18 Å². The van der Waals surface area contributed by atoms with Gasteiger partial charge in [0.25, 0.3) is 0 Å². The lowest BCUT2D eigenvalue weighted by Crippen LogP contribution is -2.23. The largest absolute Gasteiger partial charge is 0.493 e. The molecular weight excluding hydrogens is 253 g/mol. The fourth-order valence-electron chi connectivity index (χ4n) is 1.60. The summed E-state index contributed by atoms with van der Waals surface area (Å²) < 4.78 is 24.6. The number of methoxy groups -OCH3 is 2. The van der Waals surface area contributed by atoms with E-state index in [1.807, 2.05) is 0 Å². The van der Waals surface area contributed by atoms with E-state index in [4.69, 9.17) is 15.2 Å². The van der Waals surface area contributed by atoms with Crippen LogP contribution in [0.1, 0.15) is 0 Å². The number of nitrogens with two attached hydrogens (primary N) is 1. The van der Waals surface area contributed by atoms with Crippen molar-refractivity contribution in [1.29, 1.82) is 0 Å². The van der Waals surface area contributed by atoms with Gasteiger partial charge in [-0.05, 0) is 12.1 Å². The minimum absolute atomic E-state index is 0.397. The zero-order valence-corrected chi connectivity index (χ0v) is 10.4. The maximum atomic E-state index is 13.4. The molecule has 2 N–H and O–H groups in total. The van der Waals surface area contributed by atoms with Gasteiger partial charge in [-0.15, -0.1) is 0 Å². The molecule has 0 saturated carbocycles. The number of halogens is 1. The Kier molecular flexibility index (Phi) is 3.37. The van der Waals surface area contributed by atoms with Gasteiger partial charge in [0.1, 0.15) is 0 Å². The number of nitrogens with zero attached hydrogens (tertiary/aromatic N) is 2. The van der Waals surface area contributed by atoms with Crippen LogP contribution in [0.5, 0.6) is 11.5 Å². The third-order valence-electron chi connectivity index (χ3n) is 2.55. The Morgan fingerprint density at radius 3 is 2.58 bits per heavy atom. The molecule has 2 rings (SSSR count). The van der Waals surface area contributed by atoms with Crippen molar-refractivity contribution in [3.8, 4) is 17.2 Å². The van der Waals surface area contributed by atoms with E-state index in [2.05, 4.69) is 4.98 Å². The van der Waals surface area contributed by atoms with Gasteiger partial charge in [0, 0.05) is 6.07 Å². The summed E-state index contributed by atoms with van der Waals surface area (Å²) in [6, 6.07) is 4.73. The molecule has 0 aliphatic heterocycles. The van der Waals surface area contributed by atoms with Crippen molar-refractivity contribution < 1.29 is 13.9 Å². The van der Waals surface area contributed by atoms with Gasteiger partial charge in [0.15, 0.2) is 23.1 Å². The standard InChI is InChI=1S/C12H12FN3O3/c1-18-9-4-3-7(5-10(9)19-2)16-6-8(13)11(14)15-12(16)17/h3-6H,1-2H3,(H2,14,15,17). The van der Waals surface area contributed by atoms with Crippen LogP contribution in [-0.2, 0) is 0 Å². The van der Waals surface area contributed by atoms with Crippen LogP contribution in [0.3, 0.4) is 0 Å². The molecule has 100 valence electrons. The predicted octanol–water partition coefficient (Wildman–Crippen LogP) is 0.971. The lowest BCUT2D eigenvalue weighted by atomic mass is 10.2. The topological polar surface area (TPSA) is 79.4 Å². The molecule has 1 heterocycles. The number of hydrogen-bond acceptors (Lipinski definition) is 5. The van der Waals surface area contributed by atoms with Gasteiger partial charge in [-0.3, -0.25) is 4.57 Å². The van der Waals surface area contributed by atoms with Crippen LogP contribution in [0, 0.1) is 5.82 Å². The van der Waals surface area contributed by atoms with E-state index in [-0.39, 0.29) is 0 Å². The van der Waals surface area contributed by atoms with Gasteiger partial charge < -0.3 is 15.2 Å². The second kappa shape index (κ2) is 4.97. The number of anilines is 1. The number of rotatable bonds is 3. The summed E-state index contributed by atoms with van der Waals surface area (Å²) in [6.07, 6.45) is 0.978. The number of benzene rings is 1. The van der Waals surface area contributed by atoms with Crippen molar-refractivity contribution in [3.63, 3.8) is 0 Å². The average molecular weight is 265 g/mol. The molecular formula is C12H12FN3O3. The summed E-state index contributed by atoms with van der Waals surface area (Å²) in [5, 5.41) is 0. The summed E-state index contributed by atoms with van der Waals surface area (Å²) in [7, 11) is 2.96. The summed E-state index contributed by atoms with van der Waals surface area (Å²) in [5.74, 6) is -0.275. The highest BCUT2D eigenvalue weighted by Crippen LogP contribution is 2.28. The summed E-state index contributed by atoms with van der Waals surface area (Å²) in [6.45, 7) is 0. The van der Waals surface area contributed by atoms with Crippen molar-refractivity contribution >= 4 is 5.82 Å². The molecule has 0 saturated heterocycles. The van der Waals surface area contributed by atoms with E-state index in [1.165, 1.54) is 20.3 Å². The van der Waals surface area contributed by atoms with Crippen LogP contribution in [0.4, 0.5) is 10.2 Å². The Morgan fingerprint density at radius 1 is 1.26 bits per heavy atom. The number of nitrogen functional groups attached to an aromatic ring is 1. The zero-order valence-electron chi connectivity index (χ0n) is 10.4. The van der Waals surface area contributed by atoms with Crippen molar-refractivity contribution in [1.82, 2.24) is 9.55 Å². The normalized spacial score (nSPS) is 10.3. The molecule has 0 aliphatic carbocycles. The molecule has 0 atom stereocenters. The monoisotopic (exact) mass is 265 g/mol. The average Bonchev–Trinajstić information content (AvgIpc) is 2.42. The molecule has 1 aromatic carbocycles. The lowest BCUT2D eigenvalue weighted by molar-refractivity contribution is 0.355. The first-order valence-corrected chi connectivity index (χ1v) is 5.34. The van der Waals surface area contributed by atoms with Crippen LogP contribution in [-0.4, -0.2) is 23.8 Å². The highest BCUT2D eigenvalue weighted by Gasteiger charge is 2.10. The molecule has 2 aromatic rings. The quantitative estimate of drug-likeness (QED) is 0.894. The van der Waals surface area contributed by atoms with E-state index < -0.39 is 17.3 Å². The smallest absolute Gasteiger partial charge is 0.354 e. The second-order valence-corrected chi connectivity index (χ2v) is 3.67. The zero-order chi connectivity index (χ0) is 14.0. The third-order valence-corrected chi connectivity index (χ3v) is 2.55. The Bertz CT molecular complexity index is 670. The van der Waals surface area contributed by atoms with Gasteiger partial charge in [0.2, 0.25) is 0 Å². The first kappa shape index (κ1) is 12.9. The summed E-state index contributed by atoms with van der Waals surface area (Å²) in [5.41, 5.74) is 4.95. The van der Waals surface area contributed by atoms with E-state index in [9.17, 15) is 9.18 Å². The van der Waals surface area contributed by atoms with Crippen LogP contribution in [0.15, 0.2) is 29.2 Å². The molecule has 0 spiro atoms. The second-order valence-electron chi connectivity index (χ2n) is 3.67. The maximum Gasteiger partial charge on any atom is 0.354 e. The fourth-order valence-corrected chi connectivity index (χ4v) is 1.60. The molecule has 0 amide bonds. The molecule has 0 radical (unpaired) electrons. The van der Waals surface area contributed by atoms with E-state index in [0.717, 1.165) is 10.8 Å². The van der Waals surface area contributed by atoms with Gasteiger partial charge >= 0.3 is 5.69 Å². The van der Waals surface area contributed by atoms with Crippen LogP contribution < -0.4 is 20.9 Å². The molecule has 0 fully saturated rings. The Labute approximate surface area is 108 Å². The van der Waals surface area contributed by atoms with Crippen molar-refractivity contribution in [2.75, 3.05) is 20.0 Å². The van der Waals surface area contributed by atoms with Crippen molar-refractivity contribution in [2.45, 2.75) is 0 Å². The summed E-state index contributed by atoms with van der Waals surface area (Å²) in [4.78, 5) is 15.1. The van der Waals surface area contributed by atoms with Crippen LogP contribution in [0.25, 0.3) is 5.69 Å². The van der Waals surface area contributed by atoms with E-state index >= 15 is 0 Å². The van der Waals surface area contributed by atoms with E-state index in [1.54, 1.807) is 12.1 Å². The van der Waals surface area contributed by atoms with Gasteiger partial charge in [-0.1, -0.05) is 0 Å². The van der Waals surface area contributed by atoms with Crippen molar-refractivity contribution in [3.05, 3.63) is 40.7 Å².